The predicted molar refractivity (Wildman–Crippen MR) is 69.0 cm³/mol. The van der Waals surface area contributed by atoms with Gasteiger partial charge in [0.15, 0.2) is 0 Å². The van der Waals surface area contributed by atoms with Crippen LogP contribution in [-0.4, -0.2) is 49.4 Å². The largest absolute Gasteiger partial charge is 0.325 e. The Balaban J connectivity index is 0. The van der Waals surface area contributed by atoms with Gasteiger partial charge in [-0.15, -0.1) is 6.58 Å². The van der Waals surface area contributed by atoms with E-state index in [1.165, 1.54) is 30.7 Å². The van der Waals surface area contributed by atoms with Gasteiger partial charge in [0.05, 0.1) is 31.9 Å². The van der Waals surface area contributed by atoms with Gasteiger partial charge in [0, 0.05) is 0 Å². The second-order valence-electron chi connectivity index (χ2n) is 3.64. The van der Waals surface area contributed by atoms with Gasteiger partial charge >= 0.3 is 0 Å². The smallest absolute Gasteiger partial charge is 0.268 e. The van der Waals surface area contributed by atoms with Gasteiger partial charge < -0.3 is 4.48 Å². The molecule has 98 valence electrons. The fourth-order valence-corrected chi connectivity index (χ4v) is 1.79. The van der Waals surface area contributed by atoms with E-state index in [0.717, 1.165) is 6.08 Å². The van der Waals surface area contributed by atoms with Crippen molar-refractivity contribution in [2.75, 3.05) is 31.9 Å². The molecule has 0 saturated heterocycles. The van der Waals surface area contributed by atoms with Crippen LogP contribution in [0, 0.1) is 0 Å². The summed E-state index contributed by atoms with van der Waals surface area (Å²) >= 11 is 0. The van der Waals surface area contributed by atoms with Crippen LogP contribution in [0.15, 0.2) is 12.7 Å². The number of hydrogen-bond donors (Lipinski definition) is 1. The summed E-state index contributed by atoms with van der Waals surface area (Å²) in [4.78, 5) is 0. The van der Waals surface area contributed by atoms with E-state index in [2.05, 4.69) is 34.3 Å². The molecule has 0 aromatic heterocycles. The van der Waals surface area contributed by atoms with E-state index >= 15 is 0 Å². The molecule has 0 aliphatic carbocycles. The average Bonchev–Trinajstić information content (AvgIpc) is 2.21. The van der Waals surface area contributed by atoms with E-state index in [9.17, 15) is 8.42 Å². The van der Waals surface area contributed by atoms with Gasteiger partial charge in [-0.25, -0.2) is 0 Å². The minimum Gasteiger partial charge on any atom is -0.325 e. The molecule has 0 heterocycles. The Morgan fingerprint density at radius 1 is 1.06 bits per heavy atom. The SMILES string of the molecule is C=CCS(=O)(=O)O.CC[N+](CC)(CC)CC. The Morgan fingerprint density at radius 2 is 1.38 bits per heavy atom. The summed E-state index contributed by atoms with van der Waals surface area (Å²) in [6.45, 7) is 17.3. The second kappa shape index (κ2) is 8.73. The van der Waals surface area contributed by atoms with Crippen molar-refractivity contribution >= 4 is 10.1 Å². The monoisotopic (exact) mass is 252 g/mol. The highest BCUT2D eigenvalue weighted by molar-refractivity contribution is 7.85. The first-order valence-electron chi connectivity index (χ1n) is 5.71. The van der Waals surface area contributed by atoms with Crippen LogP contribution in [0.1, 0.15) is 27.7 Å². The molecule has 0 atom stereocenters. The van der Waals surface area contributed by atoms with Crippen LogP contribution in [0.4, 0.5) is 0 Å². The van der Waals surface area contributed by atoms with E-state index in [0.29, 0.717) is 0 Å². The highest BCUT2D eigenvalue weighted by Crippen LogP contribution is 2.03. The summed E-state index contributed by atoms with van der Waals surface area (Å²) in [5.41, 5.74) is 0. The molecule has 0 bridgehead atoms. The topological polar surface area (TPSA) is 54.4 Å². The van der Waals surface area contributed by atoms with Gasteiger partial charge in [-0.3, -0.25) is 4.55 Å². The lowest BCUT2D eigenvalue weighted by atomic mass is 10.3. The van der Waals surface area contributed by atoms with Crippen LogP contribution in [0.3, 0.4) is 0 Å². The zero-order valence-corrected chi connectivity index (χ0v) is 11.8. The number of hydrogen-bond acceptors (Lipinski definition) is 2. The van der Waals surface area contributed by atoms with E-state index in [4.69, 9.17) is 4.55 Å². The van der Waals surface area contributed by atoms with Crippen LogP contribution in [0.5, 0.6) is 0 Å². The number of quaternary nitrogens is 1. The van der Waals surface area contributed by atoms with Gasteiger partial charge in [-0.05, 0) is 27.7 Å². The third-order valence-electron chi connectivity index (χ3n) is 3.01. The van der Waals surface area contributed by atoms with Gasteiger partial charge in [0.25, 0.3) is 10.1 Å². The predicted octanol–water partition coefficient (Wildman–Crippen LogP) is 1.94. The van der Waals surface area contributed by atoms with E-state index in [1.54, 1.807) is 0 Å². The molecular formula is C11H26NO3S+. The molecule has 0 rings (SSSR count). The molecule has 0 aliphatic heterocycles. The minimum atomic E-state index is -3.79. The summed E-state index contributed by atoms with van der Waals surface area (Å²) in [5, 5.41) is 0. The lowest BCUT2D eigenvalue weighted by Gasteiger charge is -2.34. The summed E-state index contributed by atoms with van der Waals surface area (Å²) in [7, 11) is -3.79. The summed E-state index contributed by atoms with van der Waals surface area (Å²) in [6, 6.07) is 0. The van der Waals surface area contributed by atoms with Crippen molar-refractivity contribution in [3.8, 4) is 0 Å². The molecule has 0 spiro atoms. The molecule has 0 radical (unpaired) electrons. The first-order chi connectivity index (χ1) is 7.30. The summed E-state index contributed by atoms with van der Waals surface area (Å²) in [5.74, 6) is -0.368. The molecule has 0 aromatic carbocycles. The maximum absolute atomic E-state index is 9.72. The maximum atomic E-state index is 9.72. The molecule has 1 N–H and O–H groups in total. The minimum absolute atomic E-state index is 0.368. The molecule has 16 heavy (non-hydrogen) atoms. The van der Waals surface area contributed by atoms with Crippen molar-refractivity contribution in [1.82, 2.24) is 0 Å². The Labute approximate surface area is 100 Å². The first kappa shape index (κ1) is 18.0. The normalized spacial score (nSPS) is 11.6. The van der Waals surface area contributed by atoms with Crippen molar-refractivity contribution in [3.63, 3.8) is 0 Å². The molecule has 0 fully saturated rings. The summed E-state index contributed by atoms with van der Waals surface area (Å²) in [6.07, 6.45) is 1.12. The van der Waals surface area contributed by atoms with Gasteiger partial charge in [0.2, 0.25) is 0 Å². The van der Waals surface area contributed by atoms with Crippen LogP contribution in [0.2, 0.25) is 0 Å². The lowest BCUT2D eigenvalue weighted by Crippen LogP contribution is -2.47. The number of nitrogens with zero attached hydrogens (tertiary/aromatic N) is 1. The zero-order chi connectivity index (χ0) is 13.2. The van der Waals surface area contributed by atoms with Crippen molar-refractivity contribution in [2.24, 2.45) is 0 Å². The fourth-order valence-electron chi connectivity index (χ4n) is 1.49. The Bertz CT molecular complexity index is 251. The van der Waals surface area contributed by atoms with Crippen molar-refractivity contribution in [2.45, 2.75) is 27.7 Å². The zero-order valence-electron chi connectivity index (χ0n) is 10.9. The maximum Gasteiger partial charge on any atom is 0.268 e. The van der Waals surface area contributed by atoms with E-state index < -0.39 is 10.1 Å². The highest BCUT2D eigenvalue weighted by Gasteiger charge is 2.16. The molecule has 0 aromatic rings. The molecule has 0 amide bonds. The van der Waals surface area contributed by atoms with Crippen LogP contribution >= 0.6 is 0 Å². The highest BCUT2D eigenvalue weighted by atomic mass is 32.2. The third-order valence-corrected chi connectivity index (χ3v) is 3.67. The molecule has 4 nitrogen and oxygen atoms in total. The molecule has 5 heteroatoms. The third kappa shape index (κ3) is 8.88. The van der Waals surface area contributed by atoms with Gasteiger partial charge in [0.1, 0.15) is 0 Å². The van der Waals surface area contributed by atoms with Crippen LogP contribution in [0.25, 0.3) is 0 Å². The van der Waals surface area contributed by atoms with Crippen LogP contribution in [-0.2, 0) is 10.1 Å². The molecule has 0 saturated carbocycles. The van der Waals surface area contributed by atoms with Gasteiger partial charge in [-0.1, -0.05) is 6.08 Å². The fraction of sp³-hybridized carbons (Fsp3) is 0.818. The van der Waals surface area contributed by atoms with Gasteiger partial charge in [-0.2, -0.15) is 8.42 Å². The number of rotatable bonds is 6. The van der Waals surface area contributed by atoms with Crippen molar-refractivity contribution in [3.05, 3.63) is 12.7 Å². The van der Waals surface area contributed by atoms with Crippen molar-refractivity contribution < 1.29 is 17.5 Å². The average molecular weight is 252 g/mol. The van der Waals surface area contributed by atoms with E-state index in [1.807, 2.05) is 0 Å². The molecular weight excluding hydrogens is 226 g/mol. The Hall–Kier alpha value is -0.390. The van der Waals surface area contributed by atoms with Crippen molar-refractivity contribution in [1.29, 1.82) is 0 Å². The Morgan fingerprint density at radius 3 is 1.38 bits per heavy atom. The molecule has 0 aliphatic rings. The first-order valence-corrected chi connectivity index (χ1v) is 7.32. The quantitative estimate of drug-likeness (QED) is 0.446. The second-order valence-corrected chi connectivity index (χ2v) is 5.14. The van der Waals surface area contributed by atoms with Crippen LogP contribution < -0.4 is 0 Å². The standard InChI is InChI=1S/C8H20N.C3H6O3S/c1-5-9(6-2,7-3)8-4;1-2-3-7(4,5)6/h5-8H2,1-4H3;2H,1,3H2,(H,4,5,6)/q+1;. The summed E-state index contributed by atoms with van der Waals surface area (Å²) < 4.78 is 28.6. The lowest BCUT2D eigenvalue weighted by molar-refractivity contribution is -0.921. The van der Waals surface area contributed by atoms with E-state index in [-0.39, 0.29) is 5.75 Å². The Kier molecular flexibility index (Phi) is 9.81. The molecule has 0 unspecified atom stereocenters.